The van der Waals surface area contributed by atoms with Gasteiger partial charge in [0.05, 0.1) is 9.60 Å². The van der Waals surface area contributed by atoms with Crippen molar-refractivity contribution in [2.24, 2.45) is 0 Å². The molecule has 1 aromatic heterocycles. The van der Waals surface area contributed by atoms with Crippen LogP contribution in [0.3, 0.4) is 0 Å². The van der Waals surface area contributed by atoms with E-state index in [1.807, 2.05) is 121 Å². The van der Waals surface area contributed by atoms with Crippen LogP contribution in [-0.4, -0.2) is 0 Å². The van der Waals surface area contributed by atoms with Gasteiger partial charge in [-0.1, -0.05) is 145 Å². The molecule has 0 saturated heterocycles. The molecule has 0 spiro atoms. The Balaban J connectivity index is 1.48. The van der Waals surface area contributed by atoms with Crippen LogP contribution in [0.5, 0.6) is 0 Å². The van der Waals surface area contributed by atoms with Crippen molar-refractivity contribution in [3.05, 3.63) is 170 Å². The smallest absolute Gasteiger partial charge is 0.136 e. The van der Waals surface area contributed by atoms with Gasteiger partial charge in [-0.05, 0) is 100 Å². The molecule has 1 nitrogen and oxygen atoms in total. The molecule has 0 radical (unpaired) electrons. The zero-order chi connectivity index (χ0) is 37.0. The Kier molecular flexibility index (Phi) is 4.34. The lowest BCUT2D eigenvalue weighted by Crippen LogP contribution is -1.92. The van der Waals surface area contributed by atoms with Crippen LogP contribution in [0.1, 0.15) is 9.60 Å². The van der Waals surface area contributed by atoms with E-state index in [1.54, 1.807) is 0 Å². The highest BCUT2D eigenvalue weighted by Gasteiger charge is 2.20. The fourth-order valence-corrected chi connectivity index (χ4v) is 7.09. The van der Waals surface area contributed by atoms with Gasteiger partial charge < -0.3 is 4.42 Å². The van der Waals surface area contributed by atoms with Gasteiger partial charge in [-0.15, -0.1) is 0 Å². The molecule has 218 valence electrons. The van der Waals surface area contributed by atoms with Gasteiger partial charge in [0.2, 0.25) is 0 Å². The predicted octanol–water partition coefficient (Wildman–Crippen LogP) is 13.2. The Labute approximate surface area is 281 Å². The van der Waals surface area contributed by atoms with Gasteiger partial charge >= 0.3 is 0 Å². The number of hydrogen-bond donors (Lipinski definition) is 0. The summed E-state index contributed by atoms with van der Waals surface area (Å²) in [6, 6.07) is 39.1. The first-order chi connectivity index (χ1) is 26.2. The maximum absolute atomic E-state index is 10.1. The van der Waals surface area contributed by atoms with Crippen molar-refractivity contribution in [1.29, 1.82) is 0 Å². The van der Waals surface area contributed by atoms with Gasteiger partial charge in [0.25, 0.3) is 0 Å². The van der Waals surface area contributed by atoms with E-state index in [0.29, 0.717) is 28.0 Å². The summed E-state index contributed by atoms with van der Waals surface area (Å²) in [6.07, 6.45) is 0. The Bertz CT molecular complexity index is 3220. The van der Waals surface area contributed by atoms with Gasteiger partial charge in [0, 0.05) is 10.9 Å². The normalized spacial score (nSPS) is 13.9. The number of para-hydroxylation sites is 1. The summed E-state index contributed by atoms with van der Waals surface area (Å²) in [6.45, 7) is 0. The number of fused-ring (bicyclic) bond motifs is 7. The molecule has 10 rings (SSSR count). The second-order valence-corrected chi connectivity index (χ2v) is 11.9. The van der Waals surface area contributed by atoms with Crippen LogP contribution < -0.4 is 0 Å². The molecule has 0 bridgehead atoms. The molecule has 0 aliphatic heterocycles. The van der Waals surface area contributed by atoms with E-state index in [0.717, 1.165) is 37.7 Å². The van der Waals surface area contributed by atoms with Crippen LogP contribution >= 0.6 is 0 Å². The highest BCUT2D eigenvalue weighted by atomic mass is 16.3. The van der Waals surface area contributed by atoms with Crippen LogP contribution in [0.4, 0.5) is 0 Å². The molecule has 0 atom stereocenters. The van der Waals surface area contributed by atoms with E-state index < -0.39 is 12.1 Å². The van der Waals surface area contributed by atoms with Crippen LogP contribution in [0, 0.1) is 0 Å². The minimum absolute atomic E-state index is 0.0281. The number of rotatable bonds is 3. The van der Waals surface area contributed by atoms with Crippen molar-refractivity contribution in [3.8, 4) is 33.6 Å². The zero-order valence-corrected chi connectivity index (χ0v) is 25.0. The number of hydrogen-bond acceptors (Lipinski definition) is 1. The first kappa shape index (κ1) is 20.0. The summed E-state index contributed by atoms with van der Waals surface area (Å²) in [5.41, 5.74) is 2.74. The van der Waals surface area contributed by atoms with E-state index in [2.05, 4.69) is 6.07 Å². The van der Waals surface area contributed by atoms with Crippen LogP contribution in [-0.2, 0) is 0 Å². The Hall–Kier alpha value is -6.18. The molecular weight excluding hydrogens is 569 g/mol. The van der Waals surface area contributed by atoms with E-state index in [-0.39, 0.29) is 62.9 Å². The predicted molar refractivity (Wildman–Crippen MR) is 200 cm³/mol. The molecule has 0 amide bonds. The van der Waals surface area contributed by atoms with Crippen molar-refractivity contribution >= 4 is 64.8 Å². The van der Waals surface area contributed by atoms with Gasteiger partial charge in [-0.25, -0.2) is 0 Å². The summed E-state index contributed by atoms with van der Waals surface area (Å²) >= 11 is 0. The third-order valence-electron chi connectivity index (χ3n) is 9.27. The van der Waals surface area contributed by atoms with Gasteiger partial charge in [-0.3, -0.25) is 0 Å². The molecule has 1 heterocycles. The standard InChI is InChI=1S/C46H28O/c1-4-14-35-29(10-1)13-9-18-37(35)32-24-25-40-42(26-32)46(44-28-33-12-3-8-19-43(33)47-44)39-17-7-6-16-38(39)45(40)34-23-22-31-21-20-30-11-2-5-15-36(30)41(31)27-34/h1-28H/i6D,7D,16D,17D,24D,25D,26D. The van der Waals surface area contributed by atoms with Gasteiger partial charge in [-0.2, -0.15) is 0 Å². The molecule has 47 heavy (non-hydrogen) atoms. The van der Waals surface area contributed by atoms with Crippen molar-refractivity contribution in [1.82, 2.24) is 0 Å². The lowest BCUT2D eigenvalue weighted by atomic mass is 9.85. The fraction of sp³-hybridized carbons (Fsp3) is 0. The van der Waals surface area contributed by atoms with Crippen LogP contribution in [0.2, 0.25) is 0 Å². The van der Waals surface area contributed by atoms with E-state index in [9.17, 15) is 6.85 Å². The monoisotopic (exact) mass is 603 g/mol. The Morgan fingerprint density at radius 3 is 1.87 bits per heavy atom. The molecule has 0 fully saturated rings. The lowest BCUT2D eigenvalue weighted by molar-refractivity contribution is 0.633. The van der Waals surface area contributed by atoms with Crippen LogP contribution in [0.15, 0.2) is 174 Å². The molecule has 0 unspecified atom stereocenters. The summed E-state index contributed by atoms with van der Waals surface area (Å²) in [7, 11) is 0. The molecule has 0 aliphatic rings. The van der Waals surface area contributed by atoms with Gasteiger partial charge in [0.1, 0.15) is 11.3 Å². The minimum atomic E-state index is -0.413. The zero-order valence-electron chi connectivity index (χ0n) is 32.0. The summed E-state index contributed by atoms with van der Waals surface area (Å²) in [4.78, 5) is 0. The van der Waals surface area contributed by atoms with E-state index in [4.69, 9.17) is 7.16 Å². The SMILES string of the molecule is [2H]c1c([2H])c([2H])c2c(-c3cc4ccccc4o3)c3c([2H])c(-c4cccc5ccccc45)c([2H])c([2H])c3c(-c3ccc4ccc5ccccc5c4c3)c2c1[2H]. The first-order valence-corrected chi connectivity index (χ1v) is 15.6. The third kappa shape index (κ3) is 4.03. The summed E-state index contributed by atoms with van der Waals surface area (Å²) in [5.74, 6) is 0.307. The molecule has 0 saturated carbocycles. The third-order valence-corrected chi connectivity index (χ3v) is 9.27. The highest BCUT2D eigenvalue weighted by Crippen LogP contribution is 2.47. The lowest BCUT2D eigenvalue weighted by Gasteiger charge is -2.18. The number of benzene rings is 9. The highest BCUT2D eigenvalue weighted by molar-refractivity contribution is 6.23. The molecule has 1 heteroatoms. The quantitative estimate of drug-likeness (QED) is 0.145. The maximum Gasteiger partial charge on any atom is 0.136 e. The maximum atomic E-state index is 10.1. The minimum Gasteiger partial charge on any atom is -0.456 e. The fourth-order valence-electron chi connectivity index (χ4n) is 7.09. The number of furan rings is 1. The second kappa shape index (κ2) is 10.2. The Morgan fingerprint density at radius 2 is 1.04 bits per heavy atom. The molecule has 10 aromatic rings. The summed E-state index contributed by atoms with van der Waals surface area (Å²) in [5, 5.41) is 7.44. The topological polar surface area (TPSA) is 13.1 Å². The van der Waals surface area contributed by atoms with Crippen molar-refractivity contribution in [3.63, 3.8) is 0 Å². The molecule has 9 aromatic carbocycles. The van der Waals surface area contributed by atoms with Crippen LogP contribution in [0.25, 0.3) is 98.4 Å². The molecular formula is C46H28O. The second-order valence-electron chi connectivity index (χ2n) is 11.9. The molecule has 0 aliphatic carbocycles. The van der Waals surface area contributed by atoms with E-state index in [1.165, 1.54) is 0 Å². The summed E-state index contributed by atoms with van der Waals surface area (Å²) < 4.78 is 72.6. The van der Waals surface area contributed by atoms with E-state index >= 15 is 0 Å². The van der Waals surface area contributed by atoms with Gasteiger partial charge in [0.15, 0.2) is 0 Å². The average molecular weight is 604 g/mol. The largest absolute Gasteiger partial charge is 0.456 e. The van der Waals surface area contributed by atoms with Crippen molar-refractivity contribution in [2.75, 3.05) is 0 Å². The van der Waals surface area contributed by atoms with Crippen molar-refractivity contribution in [2.45, 2.75) is 0 Å². The first-order valence-electron chi connectivity index (χ1n) is 19.1. The Morgan fingerprint density at radius 1 is 0.404 bits per heavy atom. The average Bonchev–Trinajstić information content (AvgIpc) is 3.64. The van der Waals surface area contributed by atoms with Crippen molar-refractivity contribution < 1.29 is 14.0 Å². The molecule has 0 N–H and O–H groups in total.